The molecule has 0 radical (unpaired) electrons. The van der Waals surface area contributed by atoms with Gasteiger partial charge in [0.05, 0.1) is 18.8 Å². The Morgan fingerprint density at radius 3 is 2.76 bits per heavy atom. The fourth-order valence-corrected chi connectivity index (χ4v) is 1.23. The van der Waals surface area contributed by atoms with Crippen LogP contribution in [0.1, 0.15) is 29.3 Å². The quantitative estimate of drug-likeness (QED) is 0.612. The molecule has 0 aliphatic rings. The molecular formula is C13H15FO3. The van der Waals surface area contributed by atoms with Crippen LogP contribution in [0.4, 0.5) is 4.39 Å². The van der Waals surface area contributed by atoms with Gasteiger partial charge in [-0.3, -0.25) is 0 Å². The summed E-state index contributed by atoms with van der Waals surface area (Å²) >= 11 is 0. The van der Waals surface area contributed by atoms with Gasteiger partial charge in [0.25, 0.3) is 0 Å². The van der Waals surface area contributed by atoms with Crippen molar-refractivity contribution in [3.8, 4) is 0 Å². The molecule has 1 aromatic rings. The fraction of sp³-hybridized carbons (Fsp3) is 0.308. The van der Waals surface area contributed by atoms with Gasteiger partial charge < -0.3 is 9.84 Å². The molecule has 1 N–H and O–H groups in total. The smallest absolute Gasteiger partial charge is 0.335 e. The zero-order chi connectivity index (χ0) is 12.8. The molecule has 0 fully saturated rings. The van der Waals surface area contributed by atoms with Crippen molar-refractivity contribution in [1.82, 2.24) is 0 Å². The molecule has 0 atom stereocenters. The van der Waals surface area contributed by atoms with Gasteiger partial charge >= 0.3 is 5.97 Å². The molecule has 4 heteroatoms. The Kier molecular flexibility index (Phi) is 4.84. The summed E-state index contributed by atoms with van der Waals surface area (Å²) in [5.74, 6) is -1.70. The summed E-state index contributed by atoms with van der Waals surface area (Å²) in [6.45, 7) is 6.24. The van der Waals surface area contributed by atoms with Crippen molar-refractivity contribution in [2.24, 2.45) is 0 Å². The zero-order valence-corrected chi connectivity index (χ0v) is 9.70. The van der Waals surface area contributed by atoms with Gasteiger partial charge in [-0.05, 0) is 25.5 Å². The Bertz CT molecular complexity index is 427. The lowest BCUT2D eigenvalue weighted by molar-refractivity contribution is 0.0696. The molecule has 0 spiro atoms. The Balaban J connectivity index is 2.54. The minimum absolute atomic E-state index is 0.0619. The van der Waals surface area contributed by atoms with E-state index in [9.17, 15) is 9.18 Å². The number of benzene rings is 1. The Morgan fingerprint density at radius 2 is 2.24 bits per heavy atom. The SMILES string of the molecule is C=C(C)CCOCc1ccc(C(=O)O)cc1F. The van der Waals surface area contributed by atoms with Crippen LogP contribution in [-0.4, -0.2) is 17.7 Å². The molecule has 0 unspecified atom stereocenters. The lowest BCUT2D eigenvalue weighted by Gasteiger charge is -2.06. The van der Waals surface area contributed by atoms with E-state index in [4.69, 9.17) is 9.84 Å². The average molecular weight is 238 g/mol. The average Bonchev–Trinajstić information content (AvgIpc) is 2.25. The molecule has 0 heterocycles. The number of hydrogen-bond acceptors (Lipinski definition) is 2. The highest BCUT2D eigenvalue weighted by Gasteiger charge is 2.08. The molecule has 0 saturated heterocycles. The highest BCUT2D eigenvalue weighted by molar-refractivity contribution is 5.87. The molecule has 3 nitrogen and oxygen atoms in total. The highest BCUT2D eigenvalue weighted by Crippen LogP contribution is 2.12. The van der Waals surface area contributed by atoms with E-state index in [0.717, 1.165) is 18.1 Å². The van der Waals surface area contributed by atoms with Crippen LogP contribution in [0.25, 0.3) is 0 Å². The van der Waals surface area contributed by atoms with Crippen molar-refractivity contribution in [3.63, 3.8) is 0 Å². The number of halogens is 1. The maximum Gasteiger partial charge on any atom is 0.335 e. The lowest BCUT2D eigenvalue weighted by atomic mass is 10.1. The second kappa shape index (κ2) is 6.15. The van der Waals surface area contributed by atoms with Crippen molar-refractivity contribution in [2.75, 3.05) is 6.61 Å². The van der Waals surface area contributed by atoms with E-state index >= 15 is 0 Å². The van der Waals surface area contributed by atoms with E-state index in [1.54, 1.807) is 0 Å². The third kappa shape index (κ3) is 4.36. The minimum atomic E-state index is -1.14. The Hall–Kier alpha value is -1.68. The number of hydrogen-bond donors (Lipinski definition) is 1. The molecule has 0 aliphatic heterocycles. The summed E-state index contributed by atoms with van der Waals surface area (Å²) in [6, 6.07) is 3.79. The predicted molar refractivity (Wildman–Crippen MR) is 62.4 cm³/mol. The van der Waals surface area contributed by atoms with E-state index in [2.05, 4.69) is 6.58 Å². The van der Waals surface area contributed by atoms with Gasteiger partial charge in [-0.1, -0.05) is 11.6 Å². The molecule has 0 bridgehead atoms. The summed E-state index contributed by atoms with van der Waals surface area (Å²) in [4.78, 5) is 10.6. The van der Waals surface area contributed by atoms with E-state index in [-0.39, 0.29) is 12.2 Å². The van der Waals surface area contributed by atoms with Gasteiger partial charge in [0.15, 0.2) is 0 Å². The molecule has 0 aromatic heterocycles. The fourth-order valence-electron chi connectivity index (χ4n) is 1.23. The molecule has 17 heavy (non-hydrogen) atoms. The second-order valence-electron chi connectivity index (χ2n) is 3.87. The number of rotatable bonds is 6. The summed E-state index contributed by atoms with van der Waals surface area (Å²) < 4.78 is 18.7. The number of carboxylic acid groups (broad SMARTS) is 1. The highest BCUT2D eigenvalue weighted by atomic mass is 19.1. The number of aromatic carboxylic acids is 1. The van der Waals surface area contributed by atoms with Crippen LogP contribution in [-0.2, 0) is 11.3 Å². The van der Waals surface area contributed by atoms with Crippen LogP contribution in [0, 0.1) is 5.82 Å². The van der Waals surface area contributed by atoms with Crippen LogP contribution >= 0.6 is 0 Å². The van der Waals surface area contributed by atoms with Crippen LogP contribution < -0.4 is 0 Å². The predicted octanol–water partition coefficient (Wildman–Crippen LogP) is 3.01. The van der Waals surface area contributed by atoms with Crippen molar-refractivity contribution in [2.45, 2.75) is 20.0 Å². The van der Waals surface area contributed by atoms with E-state index in [1.807, 2.05) is 6.92 Å². The number of ether oxygens (including phenoxy) is 1. The van der Waals surface area contributed by atoms with E-state index < -0.39 is 11.8 Å². The lowest BCUT2D eigenvalue weighted by Crippen LogP contribution is -2.02. The van der Waals surface area contributed by atoms with E-state index in [0.29, 0.717) is 12.2 Å². The standard InChI is InChI=1S/C13H15FO3/c1-9(2)5-6-17-8-11-4-3-10(13(15)16)7-12(11)14/h3-4,7H,1,5-6,8H2,2H3,(H,15,16). The van der Waals surface area contributed by atoms with Gasteiger partial charge in [-0.15, -0.1) is 6.58 Å². The summed E-state index contributed by atoms with van der Waals surface area (Å²) in [7, 11) is 0. The first-order chi connectivity index (χ1) is 8.00. The van der Waals surface area contributed by atoms with E-state index in [1.165, 1.54) is 12.1 Å². The first-order valence-corrected chi connectivity index (χ1v) is 5.24. The summed E-state index contributed by atoms with van der Waals surface area (Å²) in [5, 5.41) is 8.67. The summed E-state index contributed by atoms with van der Waals surface area (Å²) in [6.07, 6.45) is 0.731. The van der Waals surface area contributed by atoms with Crippen molar-refractivity contribution >= 4 is 5.97 Å². The van der Waals surface area contributed by atoms with Crippen molar-refractivity contribution in [1.29, 1.82) is 0 Å². The van der Waals surface area contributed by atoms with Crippen LogP contribution in [0.15, 0.2) is 30.4 Å². The van der Waals surface area contributed by atoms with Crippen LogP contribution in [0.5, 0.6) is 0 Å². The van der Waals surface area contributed by atoms with Crippen molar-refractivity contribution in [3.05, 3.63) is 47.3 Å². The van der Waals surface area contributed by atoms with Crippen LogP contribution in [0.3, 0.4) is 0 Å². The molecule has 1 aromatic carbocycles. The van der Waals surface area contributed by atoms with Gasteiger partial charge in [0.2, 0.25) is 0 Å². The molecule has 0 aliphatic carbocycles. The van der Waals surface area contributed by atoms with Crippen molar-refractivity contribution < 1.29 is 19.0 Å². The first-order valence-electron chi connectivity index (χ1n) is 5.24. The maximum absolute atomic E-state index is 13.4. The molecule has 0 amide bonds. The van der Waals surface area contributed by atoms with Gasteiger partial charge in [-0.25, -0.2) is 9.18 Å². The molecule has 0 saturated carbocycles. The molecule has 92 valence electrons. The maximum atomic E-state index is 13.4. The monoisotopic (exact) mass is 238 g/mol. The first kappa shape index (κ1) is 13.4. The Morgan fingerprint density at radius 1 is 1.53 bits per heavy atom. The summed E-state index contributed by atoms with van der Waals surface area (Å²) in [5.41, 5.74) is 1.30. The second-order valence-corrected chi connectivity index (χ2v) is 3.87. The van der Waals surface area contributed by atoms with Crippen LogP contribution in [0.2, 0.25) is 0 Å². The number of carbonyl (C=O) groups is 1. The van der Waals surface area contributed by atoms with Gasteiger partial charge in [0.1, 0.15) is 5.82 Å². The minimum Gasteiger partial charge on any atom is -0.478 e. The topological polar surface area (TPSA) is 46.5 Å². The third-order valence-electron chi connectivity index (χ3n) is 2.23. The Labute approximate surface area is 99.5 Å². The number of carboxylic acids is 1. The molecule has 1 rings (SSSR count). The van der Waals surface area contributed by atoms with Gasteiger partial charge in [0, 0.05) is 5.56 Å². The third-order valence-corrected chi connectivity index (χ3v) is 2.23. The van der Waals surface area contributed by atoms with Gasteiger partial charge in [-0.2, -0.15) is 0 Å². The normalized spacial score (nSPS) is 10.2. The molecular weight excluding hydrogens is 223 g/mol. The largest absolute Gasteiger partial charge is 0.478 e. The zero-order valence-electron chi connectivity index (χ0n) is 9.70.